The van der Waals surface area contributed by atoms with Crippen LogP contribution in [0.3, 0.4) is 0 Å². The highest BCUT2D eigenvalue weighted by atomic mass is 16.5. The molecule has 164 valence electrons. The minimum absolute atomic E-state index is 0.162. The van der Waals surface area contributed by atoms with Gasteiger partial charge in [0.15, 0.2) is 6.61 Å². The Labute approximate surface area is 185 Å². The lowest BCUT2D eigenvalue weighted by atomic mass is 10.1. The summed E-state index contributed by atoms with van der Waals surface area (Å²) in [4.78, 5) is 16.6. The molecule has 1 N–H and O–H groups in total. The van der Waals surface area contributed by atoms with Gasteiger partial charge in [0.2, 0.25) is 11.7 Å². The van der Waals surface area contributed by atoms with E-state index in [9.17, 15) is 4.79 Å². The molecule has 0 radical (unpaired) electrons. The fraction of sp³-hybridized carbons (Fsp3) is 0.208. The molecule has 2 aromatic heterocycles. The van der Waals surface area contributed by atoms with Gasteiger partial charge < -0.3 is 23.7 Å². The number of furan rings is 1. The number of carbonyl (C=O) groups excluding carboxylic acids is 1. The van der Waals surface area contributed by atoms with Crippen molar-refractivity contribution in [3.63, 3.8) is 0 Å². The molecule has 1 amide bonds. The van der Waals surface area contributed by atoms with Gasteiger partial charge in [-0.2, -0.15) is 4.98 Å². The van der Waals surface area contributed by atoms with Gasteiger partial charge in [0, 0.05) is 19.0 Å². The van der Waals surface area contributed by atoms with E-state index in [-0.39, 0.29) is 12.5 Å². The summed E-state index contributed by atoms with van der Waals surface area (Å²) in [6.45, 7) is 3.22. The zero-order chi connectivity index (χ0) is 22.2. The summed E-state index contributed by atoms with van der Waals surface area (Å²) in [6, 6.07) is 18.5. The quantitative estimate of drug-likeness (QED) is 0.400. The number of ether oxygens (including phenoxy) is 2. The summed E-state index contributed by atoms with van der Waals surface area (Å²) < 4.78 is 21.4. The van der Waals surface area contributed by atoms with E-state index in [1.807, 2.05) is 36.4 Å². The van der Waals surface area contributed by atoms with Gasteiger partial charge in [0.1, 0.15) is 18.1 Å². The third-order valence-electron chi connectivity index (χ3n) is 4.59. The second-order valence-electron chi connectivity index (χ2n) is 7.12. The van der Waals surface area contributed by atoms with Crippen LogP contribution in [0.2, 0.25) is 0 Å². The lowest BCUT2D eigenvalue weighted by molar-refractivity contribution is 0.0928. The topological polar surface area (TPSA) is 99.6 Å². The monoisotopic (exact) mass is 433 g/mol. The Morgan fingerprint density at radius 1 is 1.00 bits per heavy atom. The molecule has 2 heterocycles. The van der Waals surface area contributed by atoms with E-state index in [1.165, 1.54) is 0 Å². The average molecular weight is 433 g/mol. The van der Waals surface area contributed by atoms with Crippen LogP contribution in [0.25, 0.3) is 0 Å². The SMILES string of the molecule is Cc1nc(COc2ccc(C(=O)NCc3cccc(COCc4ccco4)c3)cc2)no1. The number of amides is 1. The van der Waals surface area contributed by atoms with Crippen LogP contribution < -0.4 is 10.1 Å². The molecule has 0 aliphatic heterocycles. The van der Waals surface area contributed by atoms with E-state index < -0.39 is 0 Å². The van der Waals surface area contributed by atoms with Gasteiger partial charge in [-0.15, -0.1) is 0 Å². The van der Waals surface area contributed by atoms with E-state index >= 15 is 0 Å². The summed E-state index contributed by atoms with van der Waals surface area (Å²) >= 11 is 0. The predicted octanol–water partition coefficient (Wildman–Crippen LogP) is 4.20. The molecular formula is C24H23N3O5. The number of hydrogen-bond acceptors (Lipinski definition) is 7. The Balaban J connectivity index is 1.24. The van der Waals surface area contributed by atoms with Gasteiger partial charge in [-0.25, -0.2) is 0 Å². The second kappa shape index (κ2) is 10.4. The molecule has 0 saturated heterocycles. The van der Waals surface area contributed by atoms with Gasteiger partial charge in [0.25, 0.3) is 5.91 Å². The largest absolute Gasteiger partial charge is 0.485 e. The standard InChI is InChI=1S/C24H23N3O5/c1-17-26-23(27-32-17)16-31-21-9-7-20(8-10-21)24(28)25-13-18-4-2-5-19(12-18)14-29-15-22-6-3-11-30-22/h2-12H,13-16H2,1H3,(H,25,28). The van der Waals surface area contributed by atoms with Crippen molar-refractivity contribution >= 4 is 5.91 Å². The summed E-state index contributed by atoms with van der Waals surface area (Å²) in [6.07, 6.45) is 1.62. The second-order valence-corrected chi connectivity index (χ2v) is 7.12. The Morgan fingerprint density at radius 2 is 1.84 bits per heavy atom. The molecule has 0 unspecified atom stereocenters. The third-order valence-corrected chi connectivity index (χ3v) is 4.59. The molecule has 0 spiro atoms. The van der Waals surface area contributed by atoms with Gasteiger partial charge in [-0.1, -0.05) is 29.4 Å². The van der Waals surface area contributed by atoms with Crippen molar-refractivity contribution in [1.82, 2.24) is 15.5 Å². The van der Waals surface area contributed by atoms with Crippen molar-refractivity contribution in [3.8, 4) is 5.75 Å². The maximum atomic E-state index is 12.5. The molecule has 2 aromatic carbocycles. The molecule has 0 fully saturated rings. The van der Waals surface area contributed by atoms with Gasteiger partial charge in [-0.3, -0.25) is 4.79 Å². The molecule has 8 nitrogen and oxygen atoms in total. The van der Waals surface area contributed by atoms with E-state index in [0.29, 0.717) is 42.8 Å². The first-order chi connectivity index (χ1) is 15.7. The summed E-state index contributed by atoms with van der Waals surface area (Å²) in [5, 5.41) is 6.71. The molecule has 0 atom stereocenters. The van der Waals surface area contributed by atoms with Crippen LogP contribution >= 0.6 is 0 Å². The fourth-order valence-corrected chi connectivity index (χ4v) is 3.03. The Hall–Kier alpha value is -3.91. The van der Waals surface area contributed by atoms with Crippen molar-refractivity contribution in [2.75, 3.05) is 0 Å². The van der Waals surface area contributed by atoms with Gasteiger partial charge >= 0.3 is 0 Å². The molecule has 32 heavy (non-hydrogen) atoms. The van der Waals surface area contributed by atoms with Crippen molar-refractivity contribution in [2.24, 2.45) is 0 Å². The molecule has 4 aromatic rings. The van der Waals surface area contributed by atoms with Crippen LogP contribution in [0.4, 0.5) is 0 Å². The van der Waals surface area contributed by atoms with E-state index in [1.54, 1.807) is 37.5 Å². The number of nitrogens with one attached hydrogen (secondary N) is 1. The van der Waals surface area contributed by atoms with E-state index in [2.05, 4.69) is 15.5 Å². The summed E-state index contributed by atoms with van der Waals surface area (Å²) in [5.74, 6) is 2.20. The number of aryl methyl sites for hydroxylation is 1. The molecule has 4 rings (SSSR count). The zero-order valence-corrected chi connectivity index (χ0v) is 17.6. The highest BCUT2D eigenvalue weighted by Gasteiger charge is 2.08. The Kier molecular flexibility index (Phi) is 6.94. The number of hydrogen-bond donors (Lipinski definition) is 1. The predicted molar refractivity (Wildman–Crippen MR) is 115 cm³/mol. The number of benzene rings is 2. The summed E-state index contributed by atoms with van der Waals surface area (Å²) in [7, 11) is 0. The molecule has 8 heteroatoms. The maximum Gasteiger partial charge on any atom is 0.251 e. The normalized spacial score (nSPS) is 10.8. The fourth-order valence-electron chi connectivity index (χ4n) is 3.03. The van der Waals surface area contributed by atoms with Crippen molar-refractivity contribution in [1.29, 1.82) is 0 Å². The lowest BCUT2D eigenvalue weighted by Crippen LogP contribution is -2.22. The van der Waals surface area contributed by atoms with Crippen LogP contribution in [-0.2, 0) is 31.1 Å². The van der Waals surface area contributed by atoms with Crippen molar-refractivity contribution in [2.45, 2.75) is 33.3 Å². The van der Waals surface area contributed by atoms with Crippen LogP contribution in [-0.4, -0.2) is 16.0 Å². The zero-order valence-electron chi connectivity index (χ0n) is 17.6. The molecule has 0 aliphatic carbocycles. The van der Waals surface area contributed by atoms with E-state index in [0.717, 1.165) is 16.9 Å². The minimum atomic E-state index is -0.162. The Morgan fingerprint density at radius 3 is 2.59 bits per heavy atom. The van der Waals surface area contributed by atoms with E-state index in [4.69, 9.17) is 18.4 Å². The van der Waals surface area contributed by atoms with Gasteiger partial charge in [0.05, 0.1) is 12.9 Å². The molecule has 0 bridgehead atoms. The number of nitrogens with zero attached hydrogens (tertiary/aromatic N) is 2. The number of rotatable bonds is 10. The molecule has 0 saturated carbocycles. The first kappa shape index (κ1) is 21.3. The van der Waals surface area contributed by atoms with Crippen molar-refractivity contribution in [3.05, 3.63) is 101 Å². The molecule has 0 aliphatic rings. The highest BCUT2D eigenvalue weighted by Crippen LogP contribution is 2.14. The third kappa shape index (κ3) is 6.05. The van der Waals surface area contributed by atoms with Crippen LogP contribution in [0.15, 0.2) is 75.9 Å². The van der Waals surface area contributed by atoms with Gasteiger partial charge in [-0.05, 0) is 47.5 Å². The lowest BCUT2D eigenvalue weighted by Gasteiger charge is -2.09. The minimum Gasteiger partial charge on any atom is -0.485 e. The number of aromatic nitrogens is 2. The first-order valence-corrected chi connectivity index (χ1v) is 10.1. The van der Waals surface area contributed by atoms with Crippen LogP contribution in [0, 0.1) is 6.92 Å². The molecular weight excluding hydrogens is 410 g/mol. The van der Waals surface area contributed by atoms with Crippen molar-refractivity contribution < 1.29 is 23.2 Å². The first-order valence-electron chi connectivity index (χ1n) is 10.1. The smallest absolute Gasteiger partial charge is 0.251 e. The average Bonchev–Trinajstić information content (AvgIpc) is 3.48. The summed E-state index contributed by atoms with van der Waals surface area (Å²) in [5.41, 5.74) is 2.57. The number of carbonyl (C=O) groups is 1. The maximum absolute atomic E-state index is 12.5. The Bertz CT molecular complexity index is 1140. The van der Waals surface area contributed by atoms with Crippen LogP contribution in [0.1, 0.15) is 39.0 Å². The highest BCUT2D eigenvalue weighted by molar-refractivity contribution is 5.94. The van der Waals surface area contributed by atoms with Crippen LogP contribution in [0.5, 0.6) is 5.75 Å².